The number of rotatable bonds is 4. The molecule has 1 saturated heterocycles. The summed E-state index contributed by atoms with van der Waals surface area (Å²) in [7, 11) is 0. The zero-order valence-corrected chi connectivity index (χ0v) is 13.3. The lowest BCUT2D eigenvalue weighted by molar-refractivity contribution is -0.126. The summed E-state index contributed by atoms with van der Waals surface area (Å²) in [6.45, 7) is 3.92. The Hall–Kier alpha value is -0.910. The molecule has 110 valence electrons. The molecule has 1 aromatic carbocycles. The van der Waals surface area contributed by atoms with Gasteiger partial charge in [-0.3, -0.25) is 4.79 Å². The highest BCUT2D eigenvalue weighted by molar-refractivity contribution is 9.10. The summed E-state index contributed by atoms with van der Waals surface area (Å²) in [4.78, 5) is 12.3. The van der Waals surface area contributed by atoms with Crippen LogP contribution in [0, 0.1) is 5.92 Å². The Labute approximate surface area is 128 Å². The van der Waals surface area contributed by atoms with Gasteiger partial charge < -0.3 is 15.8 Å². The van der Waals surface area contributed by atoms with Crippen LogP contribution < -0.4 is 11.1 Å². The molecule has 1 aliphatic heterocycles. The van der Waals surface area contributed by atoms with Crippen molar-refractivity contribution in [3.63, 3.8) is 0 Å². The number of nitrogens with two attached hydrogens (primary N) is 1. The van der Waals surface area contributed by atoms with Crippen LogP contribution in [-0.4, -0.2) is 25.7 Å². The first-order valence-electron chi connectivity index (χ1n) is 6.91. The molecule has 2 unspecified atom stereocenters. The van der Waals surface area contributed by atoms with Crippen molar-refractivity contribution in [2.45, 2.75) is 25.3 Å². The standard InChI is InChI=1S/C15H21BrN2O2/c1-15(17,12-4-6-13(16)7-5-12)14(19)18-9-11-3-2-8-20-10-11/h4-7,11H,2-3,8-10,17H2,1H3,(H,18,19). The Balaban J connectivity index is 1.94. The maximum absolute atomic E-state index is 12.3. The lowest BCUT2D eigenvalue weighted by Gasteiger charge is -2.27. The highest BCUT2D eigenvalue weighted by atomic mass is 79.9. The summed E-state index contributed by atoms with van der Waals surface area (Å²) in [6, 6.07) is 7.52. The Morgan fingerprint density at radius 3 is 2.80 bits per heavy atom. The first-order valence-corrected chi connectivity index (χ1v) is 7.70. The van der Waals surface area contributed by atoms with Gasteiger partial charge in [0.1, 0.15) is 5.54 Å². The molecule has 0 bridgehead atoms. The van der Waals surface area contributed by atoms with Gasteiger partial charge in [0.05, 0.1) is 6.61 Å². The van der Waals surface area contributed by atoms with Crippen LogP contribution in [0.4, 0.5) is 0 Å². The monoisotopic (exact) mass is 340 g/mol. The summed E-state index contributed by atoms with van der Waals surface area (Å²) in [6.07, 6.45) is 2.16. The molecule has 0 aliphatic carbocycles. The molecule has 0 saturated carbocycles. The first-order chi connectivity index (χ1) is 9.50. The molecule has 3 N–H and O–H groups in total. The van der Waals surface area contributed by atoms with Crippen LogP contribution in [0.25, 0.3) is 0 Å². The van der Waals surface area contributed by atoms with Gasteiger partial charge in [-0.1, -0.05) is 28.1 Å². The second-order valence-electron chi connectivity index (χ2n) is 5.50. The molecule has 0 radical (unpaired) electrons. The molecule has 4 nitrogen and oxygen atoms in total. The second-order valence-corrected chi connectivity index (χ2v) is 6.42. The van der Waals surface area contributed by atoms with E-state index in [0.29, 0.717) is 12.5 Å². The summed E-state index contributed by atoms with van der Waals surface area (Å²) in [5, 5.41) is 2.95. The highest BCUT2D eigenvalue weighted by Gasteiger charge is 2.30. The van der Waals surface area contributed by atoms with Crippen molar-refractivity contribution in [2.24, 2.45) is 11.7 Å². The Morgan fingerprint density at radius 1 is 1.50 bits per heavy atom. The van der Waals surface area contributed by atoms with Crippen molar-refractivity contribution in [2.75, 3.05) is 19.8 Å². The lowest BCUT2D eigenvalue weighted by atomic mass is 9.92. The molecule has 0 aromatic heterocycles. The molecule has 0 spiro atoms. The lowest BCUT2D eigenvalue weighted by Crippen LogP contribution is -2.50. The van der Waals surface area contributed by atoms with Crippen molar-refractivity contribution in [3.05, 3.63) is 34.3 Å². The van der Waals surface area contributed by atoms with E-state index in [1.165, 1.54) is 0 Å². The average Bonchev–Trinajstić information content (AvgIpc) is 2.46. The molecule has 1 aliphatic rings. The van der Waals surface area contributed by atoms with Gasteiger partial charge >= 0.3 is 0 Å². The van der Waals surface area contributed by atoms with E-state index in [1.54, 1.807) is 6.92 Å². The summed E-state index contributed by atoms with van der Waals surface area (Å²) < 4.78 is 6.38. The average molecular weight is 341 g/mol. The number of hydrogen-bond donors (Lipinski definition) is 2. The maximum atomic E-state index is 12.3. The Kier molecular flexibility index (Phi) is 5.18. The van der Waals surface area contributed by atoms with Gasteiger partial charge in [0.25, 0.3) is 0 Å². The third kappa shape index (κ3) is 3.81. The van der Waals surface area contributed by atoms with Crippen molar-refractivity contribution in [3.8, 4) is 0 Å². The van der Waals surface area contributed by atoms with E-state index >= 15 is 0 Å². The second kappa shape index (κ2) is 6.70. The van der Waals surface area contributed by atoms with E-state index in [4.69, 9.17) is 10.5 Å². The number of nitrogens with one attached hydrogen (secondary N) is 1. The van der Waals surface area contributed by atoms with Gasteiger partial charge in [0.15, 0.2) is 0 Å². The van der Waals surface area contributed by atoms with Crippen molar-refractivity contribution >= 4 is 21.8 Å². The predicted molar refractivity (Wildman–Crippen MR) is 82.2 cm³/mol. The molecule has 1 heterocycles. The van der Waals surface area contributed by atoms with Crippen LogP contribution in [0.5, 0.6) is 0 Å². The van der Waals surface area contributed by atoms with E-state index < -0.39 is 5.54 Å². The van der Waals surface area contributed by atoms with Crippen molar-refractivity contribution < 1.29 is 9.53 Å². The smallest absolute Gasteiger partial charge is 0.244 e. The quantitative estimate of drug-likeness (QED) is 0.882. The molecule has 20 heavy (non-hydrogen) atoms. The third-order valence-corrected chi connectivity index (χ3v) is 4.25. The Morgan fingerprint density at radius 2 is 2.20 bits per heavy atom. The molecule has 5 heteroatoms. The van der Waals surface area contributed by atoms with E-state index in [1.807, 2.05) is 24.3 Å². The molecular weight excluding hydrogens is 320 g/mol. The van der Waals surface area contributed by atoms with Gasteiger partial charge in [-0.15, -0.1) is 0 Å². The largest absolute Gasteiger partial charge is 0.381 e. The van der Waals surface area contributed by atoms with Gasteiger partial charge in [0.2, 0.25) is 5.91 Å². The minimum absolute atomic E-state index is 0.148. The summed E-state index contributed by atoms with van der Waals surface area (Å²) in [5.74, 6) is 0.249. The van der Waals surface area contributed by atoms with Crippen molar-refractivity contribution in [1.29, 1.82) is 0 Å². The fourth-order valence-corrected chi connectivity index (χ4v) is 2.58. The normalized spacial score (nSPS) is 22.1. The number of carbonyl (C=O) groups excluding carboxylic acids is 1. The molecule has 1 fully saturated rings. The number of halogens is 1. The molecule has 2 atom stereocenters. The first kappa shape index (κ1) is 15.5. The van der Waals surface area contributed by atoms with E-state index in [-0.39, 0.29) is 5.91 Å². The summed E-state index contributed by atoms with van der Waals surface area (Å²) in [5.41, 5.74) is 5.97. The number of ether oxygens (including phenoxy) is 1. The molecule has 1 amide bonds. The van der Waals surface area contributed by atoms with Crippen LogP contribution in [-0.2, 0) is 15.1 Å². The molecular formula is C15H21BrN2O2. The van der Waals surface area contributed by atoms with Gasteiger partial charge in [0, 0.05) is 17.6 Å². The van der Waals surface area contributed by atoms with Crippen LogP contribution in [0.3, 0.4) is 0 Å². The number of hydrogen-bond acceptors (Lipinski definition) is 3. The SMILES string of the molecule is CC(N)(C(=O)NCC1CCCOC1)c1ccc(Br)cc1. The fraction of sp³-hybridized carbons (Fsp3) is 0.533. The van der Waals surface area contributed by atoms with Gasteiger partial charge in [-0.2, -0.15) is 0 Å². The van der Waals surface area contributed by atoms with Crippen LogP contribution in [0.2, 0.25) is 0 Å². The zero-order valence-electron chi connectivity index (χ0n) is 11.7. The van der Waals surface area contributed by atoms with Crippen LogP contribution >= 0.6 is 15.9 Å². The number of amides is 1. The third-order valence-electron chi connectivity index (χ3n) is 3.72. The summed E-state index contributed by atoms with van der Waals surface area (Å²) >= 11 is 3.38. The minimum atomic E-state index is -1.02. The number of carbonyl (C=O) groups is 1. The van der Waals surface area contributed by atoms with Crippen LogP contribution in [0.1, 0.15) is 25.3 Å². The van der Waals surface area contributed by atoms with Gasteiger partial charge in [-0.25, -0.2) is 0 Å². The maximum Gasteiger partial charge on any atom is 0.244 e. The van der Waals surface area contributed by atoms with E-state index in [2.05, 4.69) is 21.2 Å². The Bertz CT molecular complexity index is 453. The molecule has 2 rings (SSSR count). The molecule has 1 aromatic rings. The number of benzene rings is 1. The minimum Gasteiger partial charge on any atom is -0.381 e. The van der Waals surface area contributed by atoms with E-state index in [0.717, 1.165) is 36.1 Å². The highest BCUT2D eigenvalue weighted by Crippen LogP contribution is 2.21. The van der Waals surface area contributed by atoms with Crippen LogP contribution in [0.15, 0.2) is 28.7 Å². The van der Waals surface area contributed by atoms with Crippen molar-refractivity contribution in [1.82, 2.24) is 5.32 Å². The van der Waals surface area contributed by atoms with Gasteiger partial charge in [-0.05, 0) is 43.4 Å². The fourth-order valence-electron chi connectivity index (χ4n) is 2.32. The zero-order chi connectivity index (χ0) is 14.6. The predicted octanol–water partition coefficient (Wildman–Crippen LogP) is 2.17. The van der Waals surface area contributed by atoms with E-state index in [9.17, 15) is 4.79 Å². The topological polar surface area (TPSA) is 64.4 Å².